The first-order valence-electron chi connectivity index (χ1n) is 9.13. The second-order valence-electron chi connectivity index (χ2n) is 6.92. The lowest BCUT2D eigenvalue weighted by Crippen LogP contribution is -2.64. The number of halogens is 2. The average Bonchev–Trinajstić information content (AvgIpc) is 2.71. The van der Waals surface area contributed by atoms with Gasteiger partial charge in [-0.2, -0.15) is 0 Å². The van der Waals surface area contributed by atoms with Gasteiger partial charge in [-0.25, -0.2) is 18.7 Å². The lowest BCUT2D eigenvalue weighted by Gasteiger charge is -2.49. The van der Waals surface area contributed by atoms with Crippen molar-refractivity contribution in [3.63, 3.8) is 0 Å². The molecule has 0 aliphatic carbocycles. The summed E-state index contributed by atoms with van der Waals surface area (Å²) in [5.74, 6) is -0.459. The van der Waals surface area contributed by atoms with Crippen molar-refractivity contribution in [1.82, 2.24) is 15.3 Å². The molecular formula is C21H20F2N4O3. The number of amides is 1. The second-order valence-corrected chi connectivity index (χ2v) is 6.92. The van der Waals surface area contributed by atoms with E-state index >= 15 is 0 Å². The predicted molar refractivity (Wildman–Crippen MR) is 107 cm³/mol. The normalized spacial score (nSPS) is 14.3. The van der Waals surface area contributed by atoms with Crippen molar-refractivity contribution < 1.29 is 23.5 Å². The van der Waals surface area contributed by atoms with E-state index in [4.69, 9.17) is 9.90 Å². The lowest BCUT2D eigenvalue weighted by atomic mass is 9.73. The van der Waals surface area contributed by atoms with Crippen molar-refractivity contribution in [3.05, 3.63) is 66.0 Å². The molecule has 0 radical (unpaired) electrons. The zero-order chi connectivity index (χ0) is 21.7. The van der Waals surface area contributed by atoms with Crippen LogP contribution in [0.25, 0.3) is 10.9 Å². The Morgan fingerprint density at radius 1 is 1.17 bits per heavy atom. The summed E-state index contributed by atoms with van der Waals surface area (Å²) in [6.45, 7) is 0.392. The summed E-state index contributed by atoms with van der Waals surface area (Å²) in [5.41, 5.74) is 0.199. The van der Waals surface area contributed by atoms with Gasteiger partial charge in [0.25, 0.3) is 6.47 Å². The van der Waals surface area contributed by atoms with Crippen LogP contribution in [0.2, 0.25) is 0 Å². The largest absolute Gasteiger partial charge is 0.483 e. The molecule has 2 heterocycles. The van der Waals surface area contributed by atoms with E-state index in [2.05, 4.69) is 15.3 Å². The standard InChI is InChI=1S/C20H18F2N4O.CH2O2/c1-23-19(27)20(9-13-5-2-3-6-14(13)21)10-26(11-20)18-17-15(22)7-4-8-16(17)24-12-25-18;2-1-3/h2-8,12H,9-11H2,1H3,(H,23,27);1H,(H,2,3). The van der Waals surface area contributed by atoms with Gasteiger partial charge in [0.05, 0.1) is 16.3 Å². The van der Waals surface area contributed by atoms with E-state index < -0.39 is 11.2 Å². The molecule has 30 heavy (non-hydrogen) atoms. The fraction of sp³-hybridized carbons (Fsp3) is 0.238. The molecule has 156 valence electrons. The maximum Gasteiger partial charge on any atom is 0.290 e. The van der Waals surface area contributed by atoms with E-state index in [1.165, 1.54) is 18.5 Å². The minimum atomic E-state index is -0.792. The summed E-state index contributed by atoms with van der Waals surface area (Å²) in [7, 11) is 1.56. The van der Waals surface area contributed by atoms with Gasteiger partial charge in [-0.05, 0) is 30.2 Å². The van der Waals surface area contributed by atoms with Gasteiger partial charge in [0.2, 0.25) is 5.91 Å². The first-order chi connectivity index (χ1) is 14.5. The molecule has 2 aromatic carbocycles. The molecule has 0 bridgehead atoms. The molecule has 1 aromatic heterocycles. The average molecular weight is 414 g/mol. The van der Waals surface area contributed by atoms with Crippen LogP contribution in [0.5, 0.6) is 0 Å². The SMILES string of the molecule is CNC(=O)C1(Cc2ccccc2F)CN(c2ncnc3cccc(F)c23)C1.O=CO. The summed E-state index contributed by atoms with van der Waals surface area (Å²) in [6, 6.07) is 11.1. The summed E-state index contributed by atoms with van der Waals surface area (Å²) in [4.78, 5) is 31.1. The fourth-order valence-electron chi connectivity index (χ4n) is 3.73. The number of aromatic nitrogens is 2. The molecular weight excluding hydrogens is 394 g/mol. The van der Waals surface area contributed by atoms with Crippen molar-refractivity contribution in [2.24, 2.45) is 5.41 Å². The van der Waals surface area contributed by atoms with Crippen molar-refractivity contribution in [1.29, 1.82) is 0 Å². The first kappa shape index (κ1) is 21.1. The topological polar surface area (TPSA) is 95.4 Å². The summed E-state index contributed by atoms with van der Waals surface area (Å²) >= 11 is 0. The Hall–Kier alpha value is -3.62. The van der Waals surface area contributed by atoms with Crippen molar-refractivity contribution in [3.8, 4) is 0 Å². The highest BCUT2D eigenvalue weighted by atomic mass is 19.1. The number of carboxylic acid groups (broad SMARTS) is 1. The van der Waals surface area contributed by atoms with Crippen molar-refractivity contribution in [2.75, 3.05) is 25.0 Å². The third-order valence-electron chi connectivity index (χ3n) is 5.07. The van der Waals surface area contributed by atoms with Crippen LogP contribution < -0.4 is 10.2 Å². The molecule has 0 unspecified atom stereocenters. The highest BCUT2D eigenvalue weighted by Crippen LogP contribution is 2.40. The van der Waals surface area contributed by atoms with Crippen LogP contribution in [-0.4, -0.2) is 47.6 Å². The van der Waals surface area contributed by atoms with Gasteiger partial charge < -0.3 is 15.3 Å². The van der Waals surface area contributed by atoms with Crippen LogP contribution in [0.3, 0.4) is 0 Å². The van der Waals surface area contributed by atoms with E-state index in [1.54, 1.807) is 37.4 Å². The van der Waals surface area contributed by atoms with Crippen LogP contribution in [0.15, 0.2) is 48.8 Å². The summed E-state index contributed by atoms with van der Waals surface area (Å²) < 4.78 is 28.5. The quantitative estimate of drug-likeness (QED) is 0.637. The number of rotatable bonds is 4. The molecule has 2 N–H and O–H groups in total. The van der Waals surface area contributed by atoms with Gasteiger partial charge in [-0.15, -0.1) is 0 Å². The molecule has 1 aliphatic rings. The van der Waals surface area contributed by atoms with Crippen LogP contribution in [0.1, 0.15) is 5.56 Å². The van der Waals surface area contributed by atoms with Crippen LogP contribution in [0, 0.1) is 17.0 Å². The number of benzene rings is 2. The minimum Gasteiger partial charge on any atom is -0.483 e. The van der Waals surface area contributed by atoms with Crippen LogP contribution in [0.4, 0.5) is 14.6 Å². The molecule has 0 spiro atoms. The predicted octanol–water partition coefficient (Wildman–Crippen LogP) is 2.40. The van der Waals surface area contributed by atoms with Gasteiger partial charge in [0.1, 0.15) is 23.8 Å². The second kappa shape index (κ2) is 8.81. The molecule has 1 amide bonds. The Kier molecular flexibility index (Phi) is 6.20. The molecule has 0 saturated carbocycles. The number of carbonyl (C=O) groups is 2. The lowest BCUT2D eigenvalue weighted by molar-refractivity contribution is -0.132. The van der Waals surface area contributed by atoms with E-state index in [9.17, 15) is 13.6 Å². The molecule has 0 atom stereocenters. The minimum absolute atomic E-state index is 0.166. The van der Waals surface area contributed by atoms with Gasteiger partial charge in [-0.3, -0.25) is 9.59 Å². The molecule has 7 nitrogen and oxygen atoms in total. The zero-order valence-corrected chi connectivity index (χ0v) is 16.2. The third-order valence-corrected chi connectivity index (χ3v) is 5.07. The highest BCUT2D eigenvalue weighted by molar-refractivity contribution is 5.92. The maximum atomic E-state index is 14.3. The molecule has 1 fully saturated rings. The van der Waals surface area contributed by atoms with E-state index in [0.717, 1.165) is 0 Å². The van der Waals surface area contributed by atoms with E-state index in [0.29, 0.717) is 35.4 Å². The Morgan fingerprint density at radius 3 is 2.50 bits per heavy atom. The molecule has 3 aromatic rings. The summed E-state index contributed by atoms with van der Waals surface area (Å²) in [6.07, 6.45) is 1.65. The summed E-state index contributed by atoms with van der Waals surface area (Å²) in [5, 5.41) is 9.89. The van der Waals surface area contributed by atoms with Gasteiger partial charge in [0.15, 0.2) is 0 Å². The number of nitrogens with one attached hydrogen (secondary N) is 1. The van der Waals surface area contributed by atoms with Crippen LogP contribution >= 0.6 is 0 Å². The monoisotopic (exact) mass is 414 g/mol. The number of nitrogens with zero attached hydrogens (tertiary/aromatic N) is 3. The number of hydrogen-bond acceptors (Lipinski definition) is 5. The molecule has 4 rings (SSSR count). The number of hydrogen-bond donors (Lipinski definition) is 2. The Balaban J connectivity index is 0.000000806. The smallest absolute Gasteiger partial charge is 0.290 e. The Morgan fingerprint density at radius 2 is 1.83 bits per heavy atom. The number of fused-ring (bicyclic) bond motifs is 1. The molecule has 9 heteroatoms. The molecule has 1 saturated heterocycles. The van der Waals surface area contributed by atoms with Gasteiger partial charge in [-0.1, -0.05) is 24.3 Å². The third kappa shape index (κ3) is 3.91. The van der Waals surface area contributed by atoms with E-state index in [1.807, 2.05) is 4.90 Å². The van der Waals surface area contributed by atoms with Crippen LogP contribution in [-0.2, 0) is 16.0 Å². The fourth-order valence-corrected chi connectivity index (χ4v) is 3.73. The number of anilines is 1. The van der Waals surface area contributed by atoms with Gasteiger partial charge >= 0.3 is 0 Å². The Bertz CT molecular complexity index is 1070. The van der Waals surface area contributed by atoms with Crippen molar-refractivity contribution in [2.45, 2.75) is 6.42 Å². The van der Waals surface area contributed by atoms with Crippen molar-refractivity contribution >= 4 is 29.1 Å². The van der Waals surface area contributed by atoms with Gasteiger partial charge in [0, 0.05) is 20.1 Å². The number of carbonyl (C=O) groups excluding carboxylic acids is 1. The Labute approximate surface area is 171 Å². The maximum absolute atomic E-state index is 14.3. The first-order valence-corrected chi connectivity index (χ1v) is 9.13. The zero-order valence-electron chi connectivity index (χ0n) is 16.2. The highest BCUT2D eigenvalue weighted by Gasteiger charge is 2.50. The van der Waals surface area contributed by atoms with E-state index in [-0.39, 0.29) is 24.6 Å². The molecule has 1 aliphatic heterocycles.